The SMILES string of the molecule is CC1(C)c2sc(=O)[nH]c2S[C@@H]2C(=O)N(CC(=O)[O-])C(=O)[C@@H]21. The Balaban J connectivity index is 2.07. The molecule has 0 aromatic carbocycles. The quantitative estimate of drug-likeness (QED) is 0.692. The van der Waals surface area contributed by atoms with Crippen LogP contribution in [0.25, 0.3) is 0 Å². The first-order chi connectivity index (χ1) is 9.73. The number of carboxylic acids is 1. The van der Waals surface area contributed by atoms with Gasteiger partial charge in [-0.2, -0.15) is 0 Å². The summed E-state index contributed by atoms with van der Waals surface area (Å²) in [6, 6.07) is 0. The van der Waals surface area contributed by atoms with Crippen molar-refractivity contribution >= 4 is 40.9 Å². The zero-order chi connectivity index (χ0) is 15.5. The highest BCUT2D eigenvalue weighted by Gasteiger charge is 2.58. The number of carbonyl (C=O) groups excluding carboxylic acids is 3. The highest BCUT2D eigenvalue weighted by atomic mass is 32.2. The van der Waals surface area contributed by atoms with Crippen LogP contribution in [0.3, 0.4) is 0 Å². The van der Waals surface area contributed by atoms with Gasteiger partial charge in [0.25, 0.3) is 0 Å². The number of aromatic amines is 1. The summed E-state index contributed by atoms with van der Waals surface area (Å²) in [5.74, 6) is -3.20. The second kappa shape index (κ2) is 4.44. The molecular formula is C12H11N2O5S2-. The van der Waals surface area contributed by atoms with Crippen LogP contribution in [-0.4, -0.2) is 39.5 Å². The number of imide groups is 1. The molecule has 0 radical (unpaired) electrons. The second-order valence-corrected chi connectivity index (χ2v) is 7.68. The van der Waals surface area contributed by atoms with Crippen LogP contribution in [0.1, 0.15) is 18.7 Å². The van der Waals surface area contributed by atoms with Crippen LogP contribution in [0.5, 0.6) is 0 Å². The first kappa shape index (κ1) is 14.3. The molecule has 1 N–H and O–H groups in total. The molecule has 0 unspecified atom stereocenters. The van der Waals surface area contributed by atoms with Crippen molar-refractivity contribution in [3.63, 3.8) is 0 Å². The fourth-order valence-corrected chi connectivity index (χ4v) is 5.68. The molecule has 3 rings (SSSR count). The molecule has 112 valence electrons. The Morgan fingerprint density at radius 2 is 2.00 bits per heavy atom. The fraction of sp³-hybridized carbons (Fsp3) is 0.500. The van der Waals surface area contributed by atoms with Crippen molar-refractivity contribution in [2.45, 2.75) is 29.5 Å². The number of fused-ring (bicyclic) bond motifs is 2. The van der Waals surface area contributed by atoms with Gasteiger partial charge in [-0.15, -0.1) is 0 Å². The summed E-state index contributed by atoms with van der Waals surface area (Å²) < 4.78 is 0. The molecule has 0 aliphatic carbocycles. The number of amides is 2. The average molecular weight is 327 g/mol. The number of hydrogen-bond acceptors (Lipinski definition) is 7. The van der Waals surface area contributed by atoms with Crippen molar-refractivity contribution in [3.8, 4) is 0 Å². The molecular weight excluding hydrogens is 316 g/mol. The van der Waals surface area contributed by atoms with Crippen molar-refractivity contribution < 1.29 is 19.5 Å². The van der Waals surface area contributed by atoms with Gasteiger partial charge in [-0.25, -0.2) is 0 Å². The molecule has 1 aromatic rings. The van der Waals surface area contributed by atoms with E-state index < -0.39 is 40.9 Å². The Bertz CT molecular complexity index is 719. The number of nitrogens with one attached hydrogen (secondary N) is 1. The summed E-state index contributed by atoms with van der Waals surface area (Å²) in [7, 11) is 0. The van der Waals surface area contributed by atoms with E-state index in [9.17, 15) is 24.3 Å². The second-order valence-electron chi connectivity index (χ2n) is 5.55. The van der Waals surface area contributed by atoms with E-state index in [0.717, 1.165) is 32.9 Å². The maximum atomic E-state index is 12.4. The van der Waals surface area contributed by atoms with E-state index in [4.69, 9.17) is 0 Å². The number of hydrogen-bond donors (Lipinski definition) is 1. The largest absolute Gasteiger partial charge is 0.548 e. The summed E-state index contributed by atoms with van der Waals surface area (Å²) in [4.78, 5) is 50.9. The van der Waals surface area contributed by atoms with Crippen molar-refractivity contribution in [2.75, 3.05) is 6.54 Å². The number of thiazole rings is 1. The van der Waals surface area contributed by atoms with E-state index in [2.05, 4.69) is 4.98 Å². The number of carbonyl (C=O) groups is 3. The van der Waals surface area contributed by atoms with Gasteiger partial charge in [0, 0.05) is 10.3 Å². The molecule has 2 amide bonds. The van der Waals surface area contributed by atoms with Crippen LogP contribution in [0.2, 0.25) is 0 Å². The number of nitrogens with zero attached hydrogens (tertiary/aromatic N) is 1. The summed E-state index contributed by atoms with van der Waals surface area (Å²) in [6.45, 7) is 2.85. The summed E-state index contributed by atoms with van der Waals surface area (Å²) >= 11 is 2.14. The standard InChI is InChI=1S/C12H12N2O5S2/c1-12(2)5-6(20-8-7(12)21-11(19)13-8)10(18)14(9(5)17)3-4(15)16/h5-6H,3H2,1-2H3,(H,13,19)(H,15,16)/p-1/t5-,6+/m1/s1. The van der Waals surface area contributed by atoms with E-state index in [1.54, 1.807) is 13.8 Å². The maximum Gasteiger partial charge on any atom is 0.305 e. The van der Waals surface area contributed by atoms with Crippen LogP contribution in [-0.2, 0) is 19.8 Å². The van der Waals surface area contributed by atoms with Crippen LogP contribution < -0.4 is 9.98 Å². The van der Waals surface area contributed by atoms with Gasteiger partial charge >= 0.3 is 4.87 Å². The number of aliphatic carboxylic acids is 1. The number of rotatable bonds is 2. The number of thioether (sulfide) groups is 1. The minimum atomic E-state index is -1.47. The third-order valence-electron chi connectivity index (χ3n) is 3.86. The van der Waals surface area contributed by atoms with E-state index in [1.807, 2.05) is 0 Å². The van der Waals surface area contributed by atoms with Crippen molar-refractivity contribution in [1.29, 1.82) is 0 Å². The molecule has 7 nitrogen and oxygen atoms in total. The third-order valence-corrected chi connectivity index (χ3v) is 6.48. The summed E-state index contributed by atoms with van der Waals surface area (Å²) in [5.41, 5.74) is -0.706. The predicted octanol–water partition coefficient (Wildman–Crippen LogP) is -1.08. The zero-order valence-electron chi connectivity index (χ0n) is 11.2. The van der Waals surface area contributed by atoms with Crippen molar-refractivity contribution in [2.24, 2.45) is 5.92 Å². The van der Waals surface area contributed by atoms with Gasteiger partial charge in [-0.3, -0.25) is 19.3 Å². The number of likely N-dealkylation sites (tertiary alicyclic amines) is 1. The molecule has 3 heterocycles. The Morgan fingerprint density at radius 1 is 1.33 bits per heavy atom. The lowest BCUT2D eigenvalue weighted by molar-refractivity contribution is -0.305. The Morgan fingerprint density at radius 3 is 2.62 bits per heavy atom. The van der Waals surface area contributed by atoms with Gasteiger partial charge in [-0.05, 0) is 0 Å². The smallest absolute Gasteiger partial charge is 0.305 e. The maximum absolute atomic E-state index is 12.4. The molecule has 2 aliphatic rings. The Hall–Kier alpha value is -1.61. The van der Waals surface area contributed by atoms with Gasteiger partial charge in [-0.1, -0.05) is 36.9 Å². The number of aromatic nitrogens is 1. The van der Waals surface area contributed by atoms with Gasteiger partial charge in [0.15, 0.2) is 0 Å². The first-order valence-electron chi connectivity index (χ1n) is 6.19. The van der Waals surface area contributed by atoms with Crippen LogP contribution in [0.4, 0.5) is 0 Å². The monoisotopic (exact) mass is 327 g/mol. The summed E-state index contributed by atoms with van der Waals surface area (Å²) in [5, 5.41) is 10.6. The van der Waals surface area contributed by atoms with Crippen LogP contribution in [0.15, 0.2) is 9.82 Å². The molecule has 1 aromatic heterocycles. The Kier molecular flexibility index (Phi) is 3.03. The van der Waals surface area contributed by atoms with E-state index >= 15 is 0 Å². The molecule has 0 spiro atoms. The predicted molar refractivity (Wildman–Crippen MR) is 72.8 cm³/mol. The zero-order valence-corrected chi connectivity index (χ0v) is 12.8. The van der Waals surface area contributed by atoms with E-state index in [0.29, 0.717) is 5.03 Å². The average Bonchev–Trinajstić information content (AvgIpc) is 2.84. The molecule has 0 bridgehead atoms. The summed E-state index contributed by atoms with van der Waals surface area (Å²) in [6.07, 6.45) is 0. The fourth-order valence-electron chi connectivity index (χ4n) is 2.88. The number of carboxylic acid groups (broad SMARTS) is 1. The van der Waals surface area contributed by atoms with Crippen molar-refractivity contribution in [3.05, 3.63) is 14.5 Å². The lowest BCUT2D eigenvalue weighted by Crippen LogP contribution is -2.43. The first-order valence-corrected chi connectivity index (χ1v) is 7.88. The van der Waals surface area contributed by atoms with E-state index in [-0.39, 0.29) is 4.87 Å². The molecule has 9 heteroatoms. The van der Waals surface area contributed by atoms with Gasteiger partial charge in [0.05, 0.1) is 23.5 Å². The molecule has 2 aliphatic heterocycles. The lowest BCUT2D eigenvalue weighted by atomic mass is 9.76. The van der Waals surface area contributed by atoms with E-state index in [1.165, 1.54) is 0 Å². The van der Waals surface area contributed by atoms with Gasteiger partial charge in [0.2, 0.25) is 11.8 Å². The topological polar surface area (TPSA) is 110 Å². The normalized spacial score (nSPS) is 26.7. The number of H-pyrrole nitrogens is 1. The minimum Gasteiger partial charge on any atom is -0.548 e. The Labute approximate surface area is 127 Å². The molecule has 21 heavy (non-hydrogen) atoms. The third kappa shape index (κ3) is 1.95. The molecule has 2 atom stereocenters. The van der Waals surface area contributed by atoms with Crippen LogP contribution in [0, 0.1) is 5.92 Å². The van der Waals surface area contributed by atoms with Crippen LogP contribution >= 0.6 is 23.1 Å². The molecule has 1 fully saturated rings. The highest BCUT2D eigenvalue weighted by molar-refractivity contribution is 8.00. The molecule has 0 saturated carbocycles. The van der Waals surface area contributed by atoms with Gasteiger partial charge < -0.3 is 14.9 Å². The van der Waals surface area contributed by atoms with Gasteiger partial charge in [0.1, 0.15) is 5.25 Å². The highest BCUT2D eigenvalue weighted by Crippen LogP contribution is 2.52. The van der Waals surface area contributed by atoms with Crippen molar-refractivity contribution in [1.82, 2.24) is 9.88 Å². The molecule has 1 saturated heterocycles. The minimum absolute atomic E-state index is 0.230. The lowest BCUT2D eigenvalue weighted by Gasteiger charge is -2.36.